The maximum absolute atomic E-state index is 5.10. The van der Waals surface area contributed by atoms with Crippen molar-refractivity contribution in [2.24, 2.45) is 0 Å². The first-order chi connectivity index (χ1) is 12.4. The van der Waals surface area contributed by atoms with Crippen LogP contribution in [0.15, 0.2) is 30.6 Å². The second-order valence-electron chi connectivity index (χ2n) is 7.09. The monoisotopic (exact) mass is 336 g/mol. The van der Waals surface area contributed by atoms with Gasteiger partial charge < -0.3 is 15.2 Å². The topological polar surface area (TPSA) is 59.7 Å². The molecule has 0 radical (unpaired) electrons. The third kappa shape index (κ3) is 2.65. The second kappa shape index (κ2) is 6.28. The second-order valence-corrected chi connectivity index (χ2v) is 7.09. The average molecular weight is 336 g/mol. The van der Waals surface area contributed by atoms with Gasteiger partial charge in [0.05, 0.1) is 35.6 Å². The molecule has 0 aliphatic carbocycles. The van der Waals surface area contributed by atoms with Gasteiger partial charge in [-0.25, -0.2) is 4.98 Å². The number of fused-ring (bicyclic) bond motifs is 2. The molecule has 6 heteroatoms. The Bertz CT molecular complexity index is 887. The van der Waals surface area contributed by atoms with Gasteiger partial charge >= 0.3 is 0 Å². The highest BCUT2D eigenvalue weighted by atomic mass is 15.3. The smallest absolute Gasteiger partial charge is 0.0962 e. The Morgan fingerprint density at radius 1 is 1.08 bits per heavy atom. The summed E-state index contributed by atoms with van der Waals surface area (Å²) in [5, 5.41) is 12.1. The first kappa shape index (κ1) is 15.1. The number of nitrogens with zero attached hydrogens (tertiary/aromatic N) is 4. The number of imidazole rings is 1. The summed E-state index contributed by atoms with van der Waals surface area (Å²) in [4.78, 5) is 4.53. The van der Waals surface area contributed by atoms with E-state index in [9.17, 15) is 0 Å². The molecule has 6 nitrogen and oxygen atoms in total. The minimum absolute atomic E-state index is 0.543. The van der Waals surface area contributed by atoms with Gasteiger partial charge in [0.25, 0.3) is 0 Å². The summed E-state index contributed by atoms with van der Waals surface area (Å²) in [5.74, 6) is 0. The molecule has 0 atom stereocenters. The summed E-state index contributed by atoms with van der Waals surface area (Å²) in [5.41, 5.74) is 6.28. The number of benzene rings is 1. The zero-order valence-electron chi connectivity index (χ0n) is 14.4. The van der Waals surface area contributed by atoms with E-state index in [4.69, 9.17) is 5.10 Å². The summed E-state index contributed by atoms with van der Waals surface area (Å²) in [6, 6.07) is 8.86. The van der Waals surface area contributed by atoms with Crippen LogP contribution in [0.1, 0.15) is 35.8 Å². The minimum atomic E-state index is 0.543. The number of hydrogen-bond acceptors (Lipinski definition) is 4. The van der Waals surface area contributed by atoms with Gasteiger partial charge in [0.2, 0.25) is 0 Å². The van der Waals surface area contributed by atoms with Crippen molar-refractivity contribution in [1.82, 2.24) is 30.0 Å². The highest BCUT2D eigenvalue weighted by molar-refractivity contribution is 5.75. The van der Waals surface area contributed by atoms with Crippen LogP contribution >= 0.6 is 0 Å². The van der Waals surface area contributed by atoms with Crippen LogP contribution < -0.4 is 10.6 Å². The van der Waals surface area contributed by atoms with Gasteiger partial charge in [0, 0.05) is 30.8 Å². The molecular formula is C19H24N6. The molecule has 0 bridgehead atoms. The molecule has 1 fully saturated rings. The SMILES string of the molecule is c1ccc2c(c1)ncn2Cc1nn(C2CCNCC2)c2c1CNCC2. The highest BCUT2D eigenvalue weighted by Gasteiger charge is 2.26. The van der Waals surface area contributed by atoms with Crippen molar-refractivity contribution < 1.29 is 0 Å². The third-order valence-corrected chi connectivity index (χ3v) is 5.54. The fourth-order valence-electron chi connectivity index (χ4n) is 4.22. The van der Waals surface area contributed by atoms with E-state index in [1.54, 1.807) is 0 Å². The van der Waals surface area contributed by atoms with Crippen molar-refractivity contribution in [3.63, 3.8) is 0 Å². The molecule has 3 aromatic rings. The molecule has 0 amide bonds. The Morgan fingerprint density at radius 2 is 1.96 bits per heavy atom. The number of rotatable bonds is 3. The molecule has 1 saturated heterocycles. The standard InChI is InChI=1S/C19H24N6/c1-2-4-19-16(3-1)22-13-24(19)12-17-15-11-21-10-7-18(15)25(23-17)14-5-8-20-9-6-14/h1-4,13-14,20-21H,5-12H2. The molecule has 25 heavy (non-hydrogen) atoms. The Hall–Kier alpha value is -2.18. The summed E-state index contributed by atoms with van der Waals surface area (Å²) < 4.78 is 4.57. The van der Waals surface area contributed by atoms with Crippen LogP contribution in [0.2, 0.25) is 0 Å². The van der Waals surface area contributed by atoms with Crippen molar-refractivity contribution >= 4 is 11.0 Å². The summed E-state index contributed by atoms with van der Waals surface area (Å²) in [6.45, 7) is 4.97. The molecule has 0 spiro atoms. The van der Waals surface area contributed by atoms with E-state index in [1.807, 2.05) is 12.4 Å². The number of nitrogens with one attached hydrogen (secondary N) is 2. The number of piperidine rings is 1. The van der Waals surface area contributed by atoms with Crippen LogP contribution in [-0.4, -0.2) is 39.0 Å². The lowest BCUT2D eigenvalue weighted by Crippen LogP contribution is -2.32. The highest BCUT2D eigenvalue weighted by Crippen LogP contribution is 2.27. The van der Waals surface area contributed by atoms with E-state index in [-0.39, 0.29) is 0 Å². The van der Waals surface area contributed by atoms with Gasteiger partial charge in [-0.1, -0.05) is 12.1 Å². The first-order valence-corrected chi connectivity index (χ1v) is 9.30. The fraction of sp³-hybridized carbons (Fsp3) is 0.474. The van der Waals surface area contributed by atoms with Gasteiger partial charge in [-0.05, 0) is 38.1 Å². The molecule has 4 heterocycles. The Balaban J connectivity index is 1.53. The van der Waals surface area contributed by atoms with E-state index >= 15 is 0 Å². The largest absolute Gasteiger partial charge is 0.324 e. The zero-order valence-corrected chi connectivity index (χ0v) is 14.4. The average Bonchev–Trinajstić information content (AvgIpc) is 3.25. The third-order valence-electron chi connectivity index (χ3n) is 5.54. The van der Waals surface area contributed by atoms with E-state index in [0.29, 0.717) is 6.04 Å². The molecule has 0 saturated carbocycles. The van der Waals surface area contributed by atoms with Crippen molar-refractivity contribution in [2.45, 2.75) is 38.4 Å². The lowest BCUT2D eigenvalue weighted by atomic mass is 10.0. The molecule has 1 aromatic carbocycles. The van der Waals surface area contributed by atoms with Gasteiger partial charge in [-0.2, -0.15) is 5.10 Å². The summed E-state index contributed by atoms with van der Waals surface area (Å²) in [6.07, 6.45) is 5.37. The predicted molar refractivity (Wildman–Crippen MR) is 97.6 cm³/mol. The minimum Gasteiger partial charge on any atom is -0.324 e. The number of para-hydroxylation sites is 2. The van der Waals surface area contributed by atoms with Crippen LogP contribution in [0.3, 0.4) is 0 Å². The number of aromatic nitrogens is 4. The van der Waals surface area contributed by atoms with Crippen LogP contribution in [0.5, 0.6) is 0 Å². The van der Waals surface area contributed by atoms with E-state index < -0.39 is 0 Å². The van der Waals surface area contributed by atoms with Crippen LogP contribution in [0, 0.1) is 0 Å². The Kier molecular flexibility index (Phi) is 3.79. The van der Waals surface area contributed by atoms with Gasteiger partial charge in [0.15, 0.2) is 0 Å². The maximum atomic E-state index is 5.10. The molecule has 5 rings (SSSR count). The molecule has 2 aliphatic heterocycles. The summed E-state index contributed by atoms with van der Waals surface area (Å²) >= 11 is 0. The first-order valence-electron chi connectivity index (χ1n) is 9.30. The van der Waals surface area contributed by atoms with Crippen LogP contribution in [0.4, 0.5) is 0 Å². The lowest BCUT2D eigenvalue weighted by Gasteiger charge is -2.26. The van der Waals surface area contributed by atoms with Gasteiger partial charge in [-0.15, -0.1) is 0 Å². The van der Waals surface area contributed by atoms with Crippen molar-refractivity contribution in [2.75, 3.05) is 19.6 Å². The molecular weight excluding hydrogens is 312 g/mol. The predicted octanol–water partition coefficient (Wildman–Crippen LogP) is 1.85. The fourth-order valence-corrected chi connectivity index (χ4v) is 4.22. The van der Waals surface area contributed by atoms with E-state index in [0.717, 1.165) is 44.7 Å². The van der Waals surface area contributed by atoms with Gasteiger partial charge in [-0.3, -0.25) is 4.68 Å². The van der Waals surface area contributed by atoms with E-state index in [2.05, 4.69) is 43.1 Å². The Labute approximate surface area is 147 Å². The van der Waals surface area contributed by atoms with Crippen LogP contribution in [-0.2, 0) is 19.5 Å². The maximum Gasteiger partial charge on any atom is 0.0962 e. The van der Waals surface area contributed by atoms with Crippen molar-refractivity contribution in [3.8, 4) is 0 Å². The molecule has 2 aliphatic rings. The lowest BCUT2D eigenvalue weighted by molar-refractivity contribution is 0.331. The van der Waals surface area contributed by atoms with Gasteiger partial charge in [0.1, 0.15) is 0 Å². The molecule has 2 aromatic heterocycles. The molecule has 0 unspecified atom stereocenters. The number of hydrogen-bond donors (Lipinski definition) is 2. The van der Waals surface area contributed by atoms with Crippen molar-refractivity contribution in [3.05, 3.63) is 47.5 Å². The zero-order chi connectivity index (χ0) is 16.6. The van der Waals surface area contributed by atoms with E-state index in [1.165, 1.54) is 35.3 Å². The molecule has 2 N–H and O–H groups in total. The van der Waals surface area contributed by atoms with Crippen LogP contribution in [0.25, 0.3) is 11.0 Å². The Morgan fingerprint density at radius 3 is 2.88 bits per heavy atom. The summed E-state index contributed by atoms with van der Waals surface area (Å²) in [7, 11) is 0. The molecule has 130 valence electrons. The van der Waals surface area contributed by atoms with Crippen molar-refractivity contribution in [1.29, 1.82) is 0 Å². The quantitative estimate of drug-likeness (QED) is 0.766. The normalized spacial score (nSPS) is 18.6.